The second-order valence-corrected chi connectivity index (χ2v) is 4.67. The summed E-state index contributed by atoms with van der Waals surface area (Å²) in [4.78, 5) is 0.479. The molecule has 3 heteroatoms. The van der Waals surface area contributed by atoms with E-state index in [2.05, 4.69) is 6.92 Å². The van der Waals surface area contributed by atoms with Crippen molar-refractivity contribution in [1.29, 1.82) is 0 Å². The van der Waals surface area contributed by atoms with E-state index >= 15 is 0 Å². The molecule has 15 heavy (non-hydrogen) atoms. The van der Waals surface area contributed by atoms with Gasteiger partial charge in [-0.3, -0.25) is 0 Å². The highest BCUT2D eigenvalue weighted by Crippen LogP contribution is 2.11. The van der Waals surface area contributed by atoms with Gasteiger partial charge in [0.2, 0.25) is 0 Å². The summed E-state index contributed by atoms with van der Waals surface area (Å²) in [5.41, 5.74) is 1.25. The van der Waals surface area contributed by atoms with Crippen LogP contribution in [0.1, 0.15) is 38.2 Å². The van der Waals surface area contributed by atoms with E-state index in [0.29, 0.717) is 4.90 Å². The van der Waals surface area contributed by atoms with Crippen molar-refractivity contribution in [3.8, 4) is 0 Å². The van der Waals surface area contributed by atoms with Gasteiger partial charge in [0.1, 0.15) is 0 Å². The minimum absolute atomic E-state index is 0.479. The molecule has 0 heterocycles. The van der Waals surface area contributed by atoms with Crippen LogP contribution in [0.25, 0.3) is 0 Å². The van der Waals surface area contributed by atoms with E-state index in [1.807, 2.05) is 12.1 Å². The molecule has 0 amide bonds. The minimum Gasteiger partial charge on any atom is -0.302 e. The monoisotopic (exact) mass is 226 g/mol. The number of benzene rings is 1. The zero-order chi connectivity index (χ0) is 11.1. The Balaban J connectivity index is 2.39. The van der Waals surface area contributed by atoms with Crippen molar-refractivity contribution >= 4 is 11.1 Å². The zero-order valence-electron chi connectivity index (χ0n) is 9.11. The van der Waals surface area contributed by atoms with Crippen LogP contribution in [0.3, 0.4) is 0 Å². The molecule has 0 spiro atoms. The Bertz CT molecular complexity index is 306. The SMILES string of the molecule is CCCCCCc1ccc(S(=O)O)cc1. The molecular formula is C12H18O2S. The molecule has 0 aromatic heterocycles. The average molecular weight is 226 g/mol. The van der Waals surface area contributed by atoms with E-state index in [0.717, 1.165) is 6.42 Å². The lowest BCUT2D eigenvalue weighted by Gasteiger charge is -2.01. The fraction of sp³-hybridized carbons (Fsp3) is 0.500. The standard InChI is InChI=1S/C12H18O2S/c1-2-3-4-5-6-11-7-9-12(10-8-11)15(13)14/h7-10H,2-6H2,1H3,(H,13,14). The first kappa shape index (κ1) is 12.4. The van der Waals surface area contributed by atoms with Crippen LogP contribution < -0.4 is 0 Å². The van der Waals surface area contributed by atoms with Gasteiger partial charge in [0.05, 0.1) is 4.90 Å². The molecule has 0 saturated carbocycles. The summed E-state index contributed by atoms with van der Waals surface area (Å²) < 4.78 is 19.6. The van der Waals surface area contributed by atoms with Gasteiger partial charge in [-0.2, -0.15) is 0 Å². The van der Waals surface area contributed by atoms with Gasteiger partial charge in [0, 0.05) is 0 Å². The number of rotatable bonds is 6. The highest BCUT2D eigenvalue weighted by molar-refractivity contribution is 7.79. The summed E-state index contributed by atoms with van der Waals surface area (Å²) in [5.74, 6) is 0. The molecule has 1 rings (SSSR count). The lowest BCUT2D eigenvalue weighted by Crippen LogP contribution is -1.90. The van der Waals surface area contributed by atoms with E-state index in [-0.39, 0.29) is 0 Å². The molecule has 0 aliphatic rings. The summed E-state index contributed by atoms with van der Waals surface area (Å²) in [6.07, 6.45) is 6.08. The van der Waals surface area contributed by atoms with Gasteiger partial charge >= 0.3 is 0 Å². The topological polar surface area (TPSA) is 37.3 Å². The Morgan fingerprint density at radius 2 is 1.80 bits per heavy atom. The van der Waals surface area contributed by atoms with Crippen LogP contribution >= 0.6 is 0 Å². The molecule has 0 aliphatic carbocycles. The summed E-state index contributed by atoms with van der Waals surface area (Å²) in [6.45, 7) is 2.20. The third-order valence-corrected chi connectivity index (χ3v) is 3.12. The highest BCUT2D eigenvalue weighted by Gasteiger charge is 1.99. The molecular weight excluding hydrogens is 208 g/mol. The summed E-state index contributed by atoms with van der Waals surface area (Å²) in [7, 11) is 0. The van der Waals surface area contributed by atoms with Crippen molar-refractivity contribution in [1.82, 2.24) is 0 Å². The van der Waals surface area contributed by atoms with Crippen molar-refractivity contribution in [2.45, 2.75) is 43.9 Å². The van der Waals surface area contributed by atoms with Crippen molar-refractivity contribution in [2.24, 2.45) is 0 Å². The fourth-order valence-corrected chi connectivity index (χ4v) is 1.90. The third-order valence-electron chi connectivity index (χ3n) is 2.44. The first-order chi connectivity index (χ1) is 7.24. The molecule has 0 bridgehead atoms. The molecule has 0 radical (unpaired) electrons. The maximum atomic E-state index is 10.7. The second-order valence-electron chi connectivity index (χ2n) is 3.70. The molecule has 1 aromatic carbocycles. The van der Waals surface area contributed by atoms with Crippen LogP contribution in [-0.2, 0) is 17.5 Å². The predicted molar refractivity (Wildman–Crippen MR) is 63.3 cm³/mol. The Hall–Kier alpha value is -0.670. The van der Waals surface area contributed by atoms with Crippen LogP contribution in [0, 0.1) is 0 Å². The summed E-state index contributed by atoms with van der Waals surface area (Å²) >= 11 is -1.85. The van der Waals surface area contributed by atoms with Gasteiger partial charge in [0.25, 0.3) is 0 Å². The van der Waals surface area contributed by atoms with Crippen LogP contribution in [0.2, 0.25) is 0 Å². The van der Waals surface area contributed by atoms with Gasteiger partial charge in [-0.1, -0.05) is 38.3 Å². The second kappa shape index (κ2) is 6.75. The molecule has 1 unspecified atom stereocenters. The summed E-state index contributed by atoms with van der Waals surface area (Å²) in [6, 6.07) is 7.33. The zero-order valence-corrected chi connectivity index (χ0v) is 9.93. The minimum atomic E-state index is -1.85. The Morgan fingerprint density at radius 3 is 2.33 bits per heavy atom. The average Bonchev–Trinajstić information content (AvgIpc) is 2.25. The third kappa shape index (κ3) is 4.58. The van der Waals surface area contributed by atoms with Crippen LogP contribution in [-0.4, -0.2) is 8.76 Å². The maximum absolute atomic E-state index is 10.7. The van der Waals surface area contributed by atoms with Gasteiger partial charge in [-0.05, 0) is 30.5 Å². The van der Waals surface area contributed by atoms with Gasteiger partial charge in [-0.25, -0.2) is 4.21 Å². The smallest absolute Gasteiger partial charge is 0.186 e. The quantitative estimate of drug-likeness (QED) is 0.596. The van der Waals surface area contributed by atoms with Crippen molar-refractivity contribution in [3.63, 3.8) is 0 Å². The lowest BCUT2D eigenvalue weighted by atomic mass is 10.1. The molecule has 1 N–H and O–H groups in total. The van der Waals surface area contributed by atoms with Gasteiger partial charge in [-0.15, -0.1) is 0 Å². The number of unbranched alkanes of at least 4 members (excludes halogenated alkanes) is 3. The van der Waals surface area contributed by atoms with Crippen LogP contribution in [0.4, 0.5) is 0 Å². The van der Waals surface area contributed by atoms with E-state index in [9.17, 15) is 4.21 Å². The summed E-state index contributed by atoms with van der Waals surface area (Å²) in [5, 5.41) is 0. The van der Waals surface area contributed by atoms with E-state index in [4.69, 9.17) is 4.55 Å². The first-order valence-corrected chi connectivity index (χ1v) is 6.54. The van der Waals surface area contributed by atoms with E-state index < -0.39 is 11.1 Å². The Morgan fingerprint density at radius 1 is 1.13 bits per heavy atom. The van der Waals surface area contributed by atoms with E-state index in [1.165, 1.54) is 31.2 Å². The van der Waals surface area contributed by atoms with Crippen molar-refractivity contribution < 1.29 is 8.76 Å². The highest BCUT2D eigenvalue weighted by atomic mass is 32.2. The molecule has 0 aliphatic heterocycles. The Labute approximate surface area is 94.0 Å². The fourth-order valence-electron chi connectivity index (χ4n) is 1.53. The number of hydrogen-bond donors (Lipinski definition) is 1. The van der Waals surface area contributed by atoms with Gasteiger partial charge in [0.15, 0.2) is 11.1 Å². The molecule has 0 fully saturated rings. The largest absolute Gasteiger partial charge is 0.302 e. The normalized spacial score (nSPS) is 12.7. The van der Waals surface area contributed by atoms with Gasteiger partial charge < -0.3 is 4.55 Å². The predicted octanol–water partition coefficient (Wildman–Crippen LogP) is 3.39. The molecule has 1 atom stereocenters. The van der Waals surface area contributed by atoms with Crippen LogP contribution in [0.5, 0.6) is 0 Å². The number of aryl methyl sites for hydroxylation is 1. The van der Waals surface area contributed by atoms with Crippen molar-refractivity contribution in [2.75, 3.05) is 0 Å². The molecule has 84 valence electrons. The molecule has 0 saturated heterocycles. The Kier molecular flexibility index (Phi) is 5.58. The number of hydrogen-bond acceptors (Lipinski definition) is 1. The van der Waals surface area contributed by atoms with Crippen molar-refractivity contribution in [3.05, 3.63) is 29.8 Å². The van der Waals surface area contributed by atoms with Crippen LogP contribution in [0.15, 0.2) is 29.2 Å². The lowest BCUT2D eigenvalue weighted by molar-refractivity contribution is 0.564. The molecule has 2 nitrogen and oxygen atoms in total. The van der Waals surface area contributed by atoms with E-state index in [1.54, 1.807) is 12.1 Å². The molecule has 1 aromatic rings. The maximum Gasteiger partial charge on any atom is 0.186 e. The first-order valence-electron chi connectivity index (χ1n) is 5.44.